The predicted molar refractivity (Wildman–Crippen MR) is 109 cm³/mol. The molecule has 0 radical (unpaired) electrons. The molecular formula is C21H24ClN3O2. The van der Waals surface area contributed by atoms with Crippen molar-refractivity contribution in [2.75, 3.05) is 0 Å². The van der Waals surface area contributed by atoms with Gasteiger partial charge in [0.2, 0.25) is 5.88 Å². The largest absolute Gasteiger partial charge is 0.494 e. The lowest BCUT2D eigenvalue weighted by atomic mass is 10.1. The first-order valence-corrected chi connectivity index (χ1v) is 9.45. The number of aryl methyl sites for hydroxylation is 1. The van der Waals surface area contributed by atoms with E-state index in [1.807, 2.05) is 25.1 Å². The van der Waals surface area contributed by atoms with E-state index in [-0.39, 0.29) is 11.4 Å². The summed E-state index contributed by atoms with van der Waals surface area (Å²) in [7, 11) is 0. The molecule has 27 heavy (non-hydrogen) atoms. The molecule has 1 aromatic carbocycles. The van der Waals surface area contributed by atoms with Crippen LogP contribution in [0.15, 0.2) is 28.0 Å². The third kappa shape index (κ3) is 4.78. The van der Waals surface area contributed by atoms with Crippen molar-refractivity contribution in [3.63, 3.8) is 0 Å². The molecule has 2 aromatic rings. The maximum absolute atomic E-state index is 12.5. The molecule has 0 unspecified atom stereocenters. The summed E-state index contributed by atoms with van der Waals surface area (Å²) in [4.78, 5) is 16.9. The fourth-order valence-corrected chi connectivity index (χ4v) is 3.01. The molecular weight excluding hydrogens is 362 g/mol. The molecule has 0 bridgehead atoms. The summed E-state index contributed by atoms with van der Waals surface area (Å²) >= 11 is 6.12. The summed E-state index contributed by atoms with van der Waals surface area (Å²) in [5, 5.41) is 20.6. The number of nitrogens with zero attached hydrogens (tertiary/aromatic N) is 3. The van der Waals surface area contributed by atoms with Gasteiger partial charge in [-0.05, 0) is 43.5 Å². The van der Waals surface area contributed by atoms with Crippen molar-refractivity contribution in [2.45, 2.75) is 53.0 Å². The van der Waals surface area contributed by atoms with Crippen LogP contribution in [0, 0.1) is 25.2 Å². The SMILES string of the molecule is CCCCCCn1c(O)c(C=Nc2ccc(C)c(Cl)c2)c(C)c(C#N)c1=O. The third-order valence-electron chi connectivity index (χ3n) is 4.58. The van der Waals surface area contributed by atoms with E-state index >= 15 is 0 Å². The molecule has 0 atom stereocenters. The number of unbranched alkanes of at least 4 members (excludes halogenated alkanes) is 3. The zero-order chi connectivity index (χ0) is 20.0. The molecule has 0 saturated heterocycles. The molecule has 0 saturated carbocycles. The van der Waals surface area contributed by atoms with Crippen LogP contribution in [-0.2, 0) is 6.54 Å². The van der Waals surface area contributed by atoms with Gasteiger partial charge in [0.25, 0.3) is 5.56 Å². The van der Waals surface area contributed by atoms with Gasteiger partial charge in [0.15, 0.2) is 0 Å². The molecule has 0 aliphatic carbocycles. The summed E-state index contributed by atoms with van der Waals surface area (Å²) < 4.78 is 1.27. The lowest BCUT2D eigenvalue weighted by Crippen LogP contribution is -2.25. The Morgan fingerprint density at radius 1 is 1.30 bits per heavy atom. The van der Waals surface area contributed by atoms with E-state index in [1.165, 1.54) is 10.8 Å². The van der Waals surface area contributed by atoms with E-state index in [4.69, 9.17) is 11.6 Å². The minimum atomic E-state index is -0.459. The van der Waals surface area contributed by atoms with Crippen molar-refractivity contribution in [3.8, 4) is 11.9 Å². The van der Waals surface area contributed by atoms with Crippen molar-refractivity contribution in [1.29, 1.82) is 5.26 Å². The van der Waals surface area contributed by atoms with Gasteiger partial charge in [-0.2, -0.15) is 5.26 Å². The Bertz CT molecular complexity index is 955. The van der Waals surface area contributed by atoms with Crippen molar-refractivity contribution in [1.82, 2.24) is 4.57 Å². The molecule has 0 fully saturated rings. The quantitative estimate of drug-likeness (QED) is 0.536. The van der Waals surface area contributed by atoms with Crippen molar-refractivity contribution in [3.05, 3.63) is 55.8 Å². The van der Waals surface area contributed by atoms with Crippen LogP contribution in [0.3, 0.4) is 0 Å². The number of aromatic hydroxyl groups is 1. The highest BCUT2D eigenvalue weighted by Crippen LogP contribution is 2.24. The number of halogens is 1. The molecule has 1 aromatic heterocycles. The zero-order valence-corrected chi connectivity index (χ0v) is 16.7. The van der Waals surface area contributed by atoms with Crippen molar-refractivity contribution >= 4 is 23.5 Å². The number of aliphatic imine (C=N–C) groups is 1. The summed E-state index contributed by atoms with van der Waals surface area (Å²) in [5.74, 6) is -0.157. The number of hydrogen-bond acceptors (Lipinski definition) is 4. The fourth-order valence-electron chi connectivity index (χ4n) is 2.83. The predicted octanol–water partition coefficient (Wildman–Crippen LogP) is 5.03. The summed E-state index contributed by atoms with van der Waals surface area (Å²) in [6.45, 7) is 6.02. The number of nitriles is 1. The molecule has 142 valence electrons. The highest BCUT2D eigenvalue weighted by molar-refractivity contribution is 6.31. The maximum Gasteiger partial charge on any atom is 0.271 e. The Hall–Kier alpha value is -2.58. The minimum absolute atomic E-state index is 0.0340. The number of benzene rings is 1. The van der Waals surface area contributed by atoms with Gasteiger partial charge in [0, 0.05) is 17.8 Å². The third-order valence-corrected chi connectivity index (χ3v) is 4.99. The Morgan fingerprint density at radius 3 is 2.67 bits per heavy atom. The second kappa shape index (κ2) is 9.38. The molecule has 0 amide bonds. The standard InChI is InChI=1S/C21H24ClN3O2/c1-4-5-6-7-10-25-20(26)17(12-23)15(3)18(21(25)27)13-24-16-9-8-14(2)19(22)11-16/h8-9,11,13,27H,4-7,10H2,1-3H3. The second-order valence-corrected chi connectivity index (χ2v) is 6.97. The highest BCUT2D eigenvalue weighted by atomic mass is 35.5. The first kappa shape index (κ1) is 20.7. The van der Waals surface area contributed by atoms with Gasteiger partial charge < -0.3 is 5.11 Å². The Kier molecular flexibility index (Phi) is 7.20. The zero-order valence-electron chi connectivity index (χ0n) is 15.9. The van der Waals surface area contributed by atoms with Crippen LogP contribution in [0.1, 0.15) is 54.9 Å². The van der Waals surface area contributed by atoms with E-state index < -0.39 is 5.56 Å². The average molecular weight is 386 g/mol. The summed E-state index contributed by atoms with van der Waals surface area (Å²) in [5.41, 5.74) is 1.95. The fraction of sp³-hybridized carbons (Fsp3) is 0.381. The van der Waals surface area contributed by atoms with E-state index in [1.54, 1.807) is 13.0 Å². The summed E-state index contributed by atoms with van der Waals surface area (Å²) in [6, 6.07) is 7.36. The minimum Gasteiger partial charge on any atom is -0.494 e. The van der Waals surface area contributed by atoms with Crippen LogP contribution in [0.5, 0.6) is 5.88 Å². The normalized spacial score (nSPS) is 11.1. The molecule has 0 aliphatic rings. The van der Waals surface area contributed by atoms with Crippen LogP contribution in [0.2, 0.25) is 5.02 Å². The first-order chi connectivity index (χ1) is 12.9. The van der Waals surface area contributed by atoms with Gasteiger partial charge in [-0.15, -0.1) is 0 Å². The first-order valence-electron chi connectivity index (χ1n) is 9.07. The van der Waals surface area contributed by atoms with Gasteiger partial charge in [-0.25, -0.2) is 0 Å². The molecule has 6 heteroatoms. The van der Waals surface area contributed by atoms with E-state index in [0.717, 1.165) is 31.2 Å². The number of aromatic nitrogens is 1. The van der Waals surface area contributed by atoms with Crippen LogP contribution in [-0.4, -0.2) is 15.9 Å². The van der Waals surface area contributed by atoms with Crippen LogP contribution in [0.25, 0.3) is 0 Å². The van der Waals surface area contributed by atoms with Crippen molar-refractivity contribution < 1.29 is 5.11 Å². The number of hydrogen-bond donors (Lipinski definition) is 1. The second-order valence-electron chi connectivity index (χ2n) is 6.56. The van der Waals surface area contributed by atoms with Crippen LogP contribution < -0.4 is 5.56 Å². The van der Waals surface area contributed by atoms with Crippen LogP contribution in [0.4, 0.5) is 5.69 Å². The van der Waals surface area contributed by atoms with Gasteiger partial charge in [0.1, 0.15) is 11.6 Å². The molecule has 5 nitrogen and oxygen atoms in total. The molecule has 2 rings (SSSR count). The van der Waals surface area contributed by atoms with Crippen molar-refractivity contribution in [2.24, 2.45) is 4.99 Å². The van der Waals surface area contributed by atoms with E-state index in [0.29, 0.717) is 28.4 Å². The summed E-state index contributed by atoms with van der Waals surface area (Å²) in [6.07, 6.45) is 5.35. The Labute approximate surface area is 164 Å². The molecule has 0 spiro atoms. The molecule has 1 heterocycles. The van der Waals surface area contributed by atoms with Gasteiger partial charge in [-0.1, -0.05) is 43.9 Å². The maximum atomic E-state index is 12.5. The Balaban J connectivity index is 2.45. The van der Waals surface area contributed by atoms with Crippen LogP contribution >= 0.6 is 11.6 Å². The lowest BCUT2D eigenvalue weighted by molar-refractivity contribution is 0.397. The lowest BCUT2D eigenvalue weighted by Gasteiger charge is -2.14. The van der Waals surface area contributed by atoms with Gasteiger partial charge in [-0.3, -0.25) is 14.4 Å². The number of pyridine rings is 1. The highest BCUT2D eigenvalue weighted by Gasteiger charge is 2.17. The van der Waals surface area contributed by atoms with E-state index in [2.05, 4.69) is 11.9 Å². The van der Waals surface area contributed by atoms with Gasteiger partial charge in [0.05, 0.1) is 11.3 Å². The smallest absolute Gasteiger partial charge is 0.271 e. The van der Waals surface area contributed by atoms with Gasteiger partial charge >= 0.3 is 0 Å². The monoisotopic (exact) mass is 385 g/mol. The molecule has 1 N–H and O–H groups in total. The molecule has 0 aliphatic heterocycles. The Morgan fingerprint density at radius 2 is 2.04 bits per heavy atom. The number of rotatable bonds is 7. The van der Waals surface area contributed by atoms with E-state index in [9.17, 15) is 15.2 Å². The topological polar surface area (TPSA) is 78.4 Å². The average Bonchev–Trinajstić information content (AvgIpc) is 2.64.